The number of methoxy groups -OCH3 is 2. The Morgan fingerprint density at radius 1 is 1.11 bits per heavy atom. The lowest BCUT2D eigenvalue weighted by Crippen LogP contribution is -2.09. The third-order valence-corrected chi connectivity index (χ3v) is 4.00. The summed E-state index contributed by atoms with van der Waals surface area (Å²) in [6, 6.07) is 8.41. The summed E-state index contributed by atoms with van der Waals surface area (Å²) in [6.07, 6.45) is 1.09. The number of hydrogen-bond donors (Lipinski definition) is 2. The minimum atomic E-state index is -1.06. The zero-order valence-electron chi connectivity index (χ0n) is 16.1. The molecule has 0 spiro atoms. The van der Waals surface area contributed by atoms with Gasteiger partial charge in [-0.05, 0) is 56.7 Å². The molecule has 0 unspecified atom stereocenters. The van der Waals surface area contributed by atoms with Gasteiger partial charge in [-0.3, -0.25) is 0 Å². The zero-order chi connectivity index (χ0) is 20.1. The molecule has 0 saturated heterocycles. The third-order valence-electron chi connectivity index (χ3n) is 4.00. The minimum absolute atomic E-state index is 0.188. The molecule has 0 heterocycles. The summed E-state index contributed by atoms with van der Waals surface area (Å²) in [5, 5.41) is 12.1. The smallest absolute Gasteiger partial charge is 0.328 e. The predicted octanol–water partition coefficient (Wildman–Crippen LogP) is 4.82. The Morgan fingerprint density at radius 3 is 2.30 bits per heavy atom. The molecule has 5 nitrogen and oxygen atoms in total. The molecule has 2 rings (SSSR count). The van der Waals surface area contributed by atoms with Gasteiger partial charge in [0.1, 0.15) is 17.3 Å². The quantitative estimate of drug-likeness (QED) is 0.681. The highest BCUT2D eigenvalue weighted by Crippen LogP contribution is 2.40. The van der Waals surface area contributed by atoms with Gasteiger partial charge >= 0.3 is 5.97 Å². The van der Waals surface area contributed by atoms with Crippen LogP contribution in [0.25, 0.3) is 16.7 Å². The number of aliphatic carboxylic acids is 1. The first-order valence-corrected chi connectivity index (χ1v) is 8.50. The summed E-state index contributed by atoms with van der Waals surface area (Å²) in [4.78, 5) is 11.0. The fraction of sp³-hybridized carbons (Fsp3) is 0.286. The van der Waals surface area contributed by atoms with E-state index < -0.39 is 11.8 Å². The summed E-state index contributed by atoms with van der Waals surface area (Å²) < 4.78 is 25.6. The molecule has 0 aromatic heterocycles. The van der Waals surface area contributed by atoms with E-state index in [4.69, 9.17) is 14.6 Å². The van der Waals surface area contributed by atoms with Crippen molar-refractivity contribution in [2.45, 2.75) is 26.8 Å². The van der Waals surface area contributed by atoms with Gasteiger partial charge in [0, 0.05) is 34.5 Å². The fourth-order valence-corrected chi connectivity index (χ4v) is 2.84. The summed E-state index contributed by atoms with van der Waals surface area (Å²) in [5.41, 5.74) is 2.65. The Morgan fingerprint density at radius 2 is 1.78 bits per heavy atom. The lowest BCUT2D eigenvalue weighted by atomic mass is 9.97. The number of anilines is 1. The molecule has 27 heavy (non-hydrogen) atoms. The number of carbonyl (C=O) groups is 1. The maximum Gasteiger partial charge on any atom is 0.328 e. The topological polar surface area (TPSA) is 67.8 Å². The molecule has 0 aliphatic heterocycles. The molecule has 2 aromatic carbocycles. The lowest BCUT2D eigenvalue weighted by molar-refractivity contribution is -0.131. The van der Waals surface area contributed by atoms with Crippen molar-refractivity contribution in [2.24, 2.45) is 0 Å². The molecule has 0 fully saturated rings. The van der Waals surface area contributed by atoms with Crippen LogP contribution >= 0.6 is 0 Å². The standard InChI is InChI=1S/C21H24FNO4/c1-12(2)23-14-6-7-15(18(22)9-14)17-11-19(26-4)16(10-20(17)27-5)13(3)8-21(24)25/h6-12,23H,1-5H3,(H,24,25). The van der Waals surface area contributed by atoms with E-state index in [-0.39, 0.29) is 6.04 Å². The lowest BCUT2D eigenvalue weighted by Gasteiger charge is -2.17. The average molecular weight is 373 g/mol. The maximum atomic E-state index is 14.7. The van der Waals surface area contributed by atoms with Gasteiger partial charge in [0.05, 0.1) is 14.2 Å². The predicted molar refractivity (Wildman–Crippen MR) is 105 cm³/mol. The van der Waals surface area contributed by atoms with Gasteiger partial charge in [-0.2, -0.15) is 0 Å². The van der Waals surface area contributed by atoms with Gasteiger partial charge in [-0.1, -0.05) is 0 Å². The number of rotatable bonds is 7. The van der Waals surface area contributed by atoms with Crippen molar-refractivity contribution < 1.29 is 23.8 Å². The van der Waals surface area contributed by atoms with Crippen LogP contribution < -0.4 is 14.8 Å². The molecule has 0 aliphatic carbocycles. The van der Waals surface area contributed by atoms with E-state index in [1.165, 1.54) is 20.3 Å². The zero-order valence-corrected chi connectivity index (χ0v) is 16.1. The Labute approximate surface area is 158 Å². The highest BCUT2D eigenvalue weighted by molar-refractivity contribution is 5.91. The van der Waals surface area contributed by atoms with Gasteiger partial charge in [-0.15, -0.1) is 0 Å². The van der Waals surface area contributed by atoms with E-state index in [0.717, 1.165) is 6.08 Å². The minimum Gasteiger partial charge on any atom is -0.496 e. The van der Waals surface area contributed by atoms with Crippen molar-refractivity contribution in [1.82, 2.24) is 0 Å². The number of carboxylic acid groups (broad SMARTS) is 1. The van der Waals surface area contributed by atoms with Crippen molar-refractivity contribution in [3.8, 4) is 22.6 Å². The highest BCUT2D eigenvalue weighted by Gasteiger charge is 2.17. The third kappa shape index (κ3) is 4.78. The van der Waals surface area contributed by atoms with Gasteiger partial charge in [0.25, 0.3) is 0 Å². The number of benzene rings is 2. The Kier molecular flexibility index (Phi) is 6.45. The summed E-state index contributed by atoms with van der Waals surface area (Å²) in [6.45, 7) is 5.62. The van der Waals surface area contributed by atoms with Gasteiger partial charge in [0.2, 0.25) is 0 Å². The van der Waals surface area contributed by atoms with Gasteiger partial charge in [0.15, 0.2) is 0 Å². The van der Waals surface area contributed by atoms with E-state index in [9.17, 15) is 9.18 Å². The van der Waals surface area contributed by atoms with E-state index in [2.05, 4.69) is 5.32 Å². The number of allylic oxidation sites excluding steroid dienone is 1. The molecular weight excluding hydrogens is 349 g/mol. The van der Waals surface area contributed by atoms with Crippen molar-refractivity contribution in [1.29, 1.82) is 0 Å². The molecule has 0 radical (unpaired) electrons. The van der Waals surface area contributed by atoms with Gasteiger partial charge in [-0.25, -0.2) is 9.18 Å². The molecule has 0 saturated carbocycles. The monoisotopic (exact) mass is 373 g/mol. The first-order chi connectivity index (χ1) is 12.8. The summed E-state index contributed by atoms with van der Waals surface area (Å²) in [5.74, 6) is -0.597. The van der Waals surface area contributed by atoms with E-state index in [0.29, 0.717) is 39.4 Å². The first kappa shape index (κ1) is 20.3. The summed E-state index contributed by atoms with van der Waals surface area (Å²) >= 11 is 0. The van der Waals surface area contributed by atoms with Crippen molar-refractivity contribution >= 4 is 17.2 Å². The number of carboxylic acids is 1. The second kappa shape index (κ2) is 8.58. The molecule has 2 aromatic rings. The van der Waals surface area contributed by atoms with Crippen LogP contribution in [0.15, 0.2) is 36.4 Å². The fourth-order valence-electron chi connectivity index (χ4n) is 2.84. The largest absolute Gasteiger partial charge is 0.496 e. The van der Waals surface area contributed by atoms with Crippen LogP contribution in [0.4, 0.5) is 10.1 Å². The van der Waals surface area contributed by atoms with Crippen molar-refractivity contribution in [3.05, 3.63) is 47.8 Å². The Hall–Kier alpha value is -3.02. The van der Waals surface area contributed by atoms with E-state index in [1.807, 2.05) is 13.8 Å². The Balaban J connectivity index is 2.59. The average Bonchev–Trinajstić information content (AvgIpc) is 2.59. The molecule has 0 atom stereocenters. The van der Waals surface area contributed by atoms with E-state index in [1.54, 1.807) is 31.2 Å². The number of halogens is 1. The van der Waals surface area contributed by atoms with Crippen LogP contribution in [0, 0.1) is 5.82 Å². The van der Waals surface area contributed by atoms with Crippen LogP contribution in [-0.2, 0) is 4.79 Å². The van der Waals surface area contributed by atoms with Crippen LogP contribution in [-0.4, -0.2) is 31.3 Å². The molecule has 0 bridgehead atoms. The summed E-state index contributed by atoms with van der Waals surface area (Å²) in [7, 11) is 2.97. The number of ether oxygens (including phenoxy) is 2. The SMILES string of the molecule is COc1cc(-c2ccc(NC(C)C)cc2F)c(OC)cc1C(C)=CC(=O)O. The van der Waals surface area contributed by atoms with Crippen molar-refractivity contribution in [3.63, 3.8) is 0 Å². The molecular formula is C21H24FNO4. The number of nitrogens with one attached hydrogen (secondary N) is 1. The molecule has 6 heteroatoms. The van der Waals surface area contributed by atoms with Crippen LogP contribution in [0.3, 0.4) is 0 Å². The molecule has 0 amide bonds. The highest BCUT2D eigenvalue weighted by atomic mass is 19.1. The normalized spacial score (nSPS) is 11.4. The van der Waals surface area contributed by atoms with Crippen LogP contribution in [0.1, 0.15) is 26.3 Å². The van der Waals surface area contributed by atoms with E-state index >= 15 is 0 Å². The van der Waals surface area contributed by atoms with Crippen molar-refractivity contribution in [2.75, 3.05) is 19.5 Å². The van der Waals surface area contributed by atoms with Gasteiger partial charge < -0.3 is 19.9 Å². The second-order valence-corrected chi connectivity index (χ2v) is 6.41. The first-order valence-electron chi connectivity index (χ1n) is 8.50. The van der Waals surface area contributed by atoms with Crippen LogP contribution in [0.5, 0.6) is 11.5 Å². The number of hydrogen-bond acceptors (Lipinski definition) is 4. The molecule has 144 valence electrons. The molecule has 0 aliphatic rings. The Bertz CT molecular complexity index is 875. The maximum absolute atomic E-state index is 14.7. The van der Waals surface area contributed by atoms with Crippen LogP contribution in [0.2, 0.25) is 0 Å². The second-order valence-electron chi connectivity index (χ2n) is 6.41. The molecule has 2 N–H and O–H groups in total.